The van der Waals surface area contributed by atoms with Gasteiger partial charge in [0.25, 0.3) is 0 Å². The van der Waals surface area contributed by atoms with Crippen molar-refractivity contribution in [2.75, 3.05) is 6.54 Å². The Labute approximate surface area is 137 Å². The topological polar surface area (TPSA) is 45.4 Å². The monoisotopic (exact) mass is 330 g/mol. The SMILES string of the molecule is CCN=c1scc(-c2ccc(Cl)cc2)n1/N=C/c1ccc[nH]1. The summed E-state index contributed by atoms with van der Waals surface area (Å²) in [6.45, 7) is 2.74. The van der Waals surface area contributed by atoms with Gasteiger partial charge in [-0.05, 0) is 31.2 Å². The molecule has 0 radical (unpaired) electrons. The maximum atomic E-state index is 5.97. The molecule has 2 heterocycles. The molecule has 0 spiro atoms. The fourth-order valence-electron chi connectivity index (χ4n) is 2.02. The lowest BCUT2D eigenvalue weighted by atomic mass is 10.2. The van der Waals surface area contributed by atoms with Crippen molar-refractivity contribution in [3.63, 3.8) is 0 Å². The maximum absolute atomic E-state index is 5.97. The molecule has 3 aromatic rings. The summed E-state index contributed by atoms with van der Waals surface area (Å²) in [6.07, 6.45) is 3.66. The van der Waals surface area contributed by atoms with Gasteiger partial charge in [-0.1, -0.05) is 23.7 Å². The molecule has 22 heavy (non-hydrogen) atoms. The second-order valence-electron chi connectivity index (χ2n) is 4.57. The highest BCUT2D eigenvalue weighted by Crippen LogP contribution is 2.22. The van der Waals surface area contributed by atoms with Gasteiger partial charge in [-0.3, -0.25) is 4.99 Å². The van der Waals surface area contributed by atoms with Gasteiger partial charge in [0.15, 0.2) is 0 Å². The molecule has 0 saturated heterocycles. The lowest BCUT2D eigenvalue weighted by Crippen LogP contribution is -2.12. The maximum Gasteiger partial charge on any atom is 0.206 e. The smallest absolute Gasteiger partial charge is 0.206 e. The van der Waals surface area contributed by atoms with E-state index in [9.17, 15) is 0 Å². The van der Waals surface area contributed by atoms with Crippen LogP contribution < -0.4 is 4.80 Å². The quantitative estimate of drug-likeness (QED) is 0.703. The van der Waals surface area contributed by atoms with Crippen LogP contribution in [0.3, 0.4) is 0 Å². The Morgan fingerprint density at radius 1 is 1.27 bits per heavy atom. The molecule has 0 saturated carbocycles. The Hall–Kier alpha value is -2.11. The van der Waals surface area contributed by atoms with E-state index in [2.05, 4.69) is 20.5 Å². The molecular weight excluding hydrogens is 316 g/mol. The summed E-state index contributed by atoms with van der Waals surface area (Å²) in [5.74, 6) is 0. The third-order valence-corrected chi connectivity index (χ3v) is 4.16. The van der Waals surface area contributed by atoms with Crippen molar-refractivity contribution in [2.45, 2.75) is 6.92 Å². The highest BCUT2D eigenvalue weighted by Gasteiger charge is 2.07. The third-order valence-electron chi connectivity index (χ3n) is 3.05. The number of H-pyrrole nitrogens is 1. The highest BCUT2D eigenvalue weighted by molar-refractivity contribution is 7.07. The second kappa shape index (κ2) is 6.77. The summed E-state index contributed by atoms with van der Waals surface area (Å²) < 4.78 is 1.86. The summed E-state index contributed by atoms with van der Waals surface area (Å²) >= 11 is 7.54. The Morgan fingerprint density at radius 3 is 2.77 bits per heavy atom. The standard InChI is InChI=1S/C16H15ClN4S/c1-2-18-16-21(20-10-14-4-3-9-19-14)15(11-22-16)12-5-7-13(17)8-6-12/h3-11,19H,2H2,1H3/b18-16?,20-10+. The van der Waals surface area contributed by atoms with E-state index in [0.717, 1.165) is 33.3 Å². The van der Waals surface area contributed by atoms with Crippen LogP contribution in [0.1, 0.15) is 12.6 Å². The fraction of sp³-hybridized carbons (Fsp3) is 0.125. The summed E-state index contributed by atoms with van der Waals surface area (Å²) in [5, 5.41) is 7.35. The first-order valence-corrected chi connectivity index (χ1v) is 8.18. The van der Waals surface area contributed by atoms with Crippen molar-refractivity contribution in [3.8, 4) is 11.3 Å². The van der Waals surface area contributed by atoms with Crippen molar-refractivity contribution in [3.05, 3.63) is 63.5 Å². The number of hydrogen-bond donors (Lipinski definition) is 1. The Morgan fingerprint density at radius 2 is 2.09 bits per heavy atom. The zero-order valence-electron chi connectivity index (χ0n) is 12.0. The minimum Gasteiger partial charge on any atom is -0.360 e. The van der Waals surface area contributed by atoms with Crippen LogP contribution in [0.2, 0.25) is 5.02 Å². The normalized spacial score (nSPS) is 12.4. The van der Waals surface area contributed by atoms with Crippen LogP contribution in [-0.2, 0) is 0 Å². The molecule has 0 amide bonds. The highest BCUT2D eigenvalue weighted by atomic mass is 35.5. The van der Waals surface area contributed by atoms with E-state index < -0.39 is 0 Å². The van der Waals surface area contributed by atoms with E-state index >= 15 is 0 Å². The summed E-state index contributed by atoms with van der Waals surface area (Å²) in [6, 6.07) is 11.6. The van der Waals surface area contributed by atoms with E-state index in [-0.39, 0.29) is 0 Å². The van der Waals surface area contributed by atoms with E-state index in [1.54, 1.807) is 17.6 Å². The van der Waals surface area contributed by atoms with E-state index in [4.69, 9.17) is 11.6 Å². The van der Waals surface area contributed by atoms with Crippen molar-refractivity contribution in [2.24, 2.45) is 10.1 Å². The summed E-state index contributed by atoms with van der Waals surface area (Å²) in [7, 11) is 0. The van der Waals surface area contributed by atoms with Gasteiger partial charge < -0.3 is 4.98 Å². The van der Waals surface area contributed by atoms with Gasteiger partial charge in [0.1, 0.15) is 0 Å². The number of nitrogens with one attached hydrogen (secondary N) is 1. The number of rotatable bonds is 4. The molecule has 2 aromatic heterocycles. The minimum atomic E-state index is 0.721. The predicted octanol–water partition coefficient (Wildman–Crippen LogP) is 4.00. The number of thiazole rings is 1. The van der Waals surface area contributed by atoms with Gasteiger partial charge in [0.05, 0.1) is 17.6 Å². The number of aromatic amines is 1. The van der Waals surface area contributed by atoms with Crippen LogP contribution in [0.4, 0.5) is 0 Å². The van der Waals surface area contributed by atoms with Gasteiger partial charge in [0, 0.05) is 28.7 Å². The molecule has 0 aliphatic rings. The third kappa shape index (κ3) is 3.21. The first-order chi connectivity index (χ1) is 10.8. The van der Waals surface area contributed by atoms with Gasteiger partial charge in [0.2, 0.25) is 4.80 Å². The average molecular weight is 331 g/mol. The first kappa shape index (κ1) is 14.8. The molecule has 112 valence electrons. The molecule has 0 bridgehead atoms. The van der Waals surface area contributed by atoms with Crippen LogP contribution in [0, 0.1) is 0 Å². The van der Waals surface area contributed by atoms with Crippen molar-refractivity contribution >= 4 is 29.2 Å². The Kier molecular flexibility index (Phi) is 4.56. The summed E-state index contributed by atoms with van der Waals surface area (Å²) in [4.78, 5) is 8.48. The zero-order chi connectivity index (χ0) is 15.4. The van der Waals surface area contributed by atoms with E-state index in [1.165, 1.54) is 0 Å². The lowest BCUT2D eigenvalue weighted by Gasteiger charge is -2.03. The number of hydrogen-bond acceptors (Lipinski definition) is 3. The molecule has 0 aliphatic heterocycles. The van der Waals surface area contributed by atoms with E-state index in [0.29, 0.717) is 0 Å². The first-order valence-electron chi connectivity index (χ1n) is 6.92. The average Bonchev–Trinajstić information content (AvgIpc) is 3.16. The lowest BCUT2D eigenvalue weighted by molar-refractivity contribution is 0.832. The second-order valence-corrected chi connectivity index (χ2v) is 5.84. The van der Waals surface area contributed by atoms with Crippen molar-refractivity contribution in [1.29, 1.82) is 0 Å². The number of halogens is 1. The molecular formula is C16H15ClN4S. The van der Waals surface area contributed by atoms with E-state index in [1.807, 2.05) is 54.2 Å². The Balaban J connectivity index is 2.07. The number of aromatic nitrogens is 2. The fourth-order valence-corrected chi connectivity index (χ4v) is 3.05. The molecule has 3 rings (SSSR count). The minimum absolute atomic E-state index is 0.721. The van der Waals surface area contributed by atoms with Crippen molar-refractivity contribution in [1.82, 2.24) is 9.66 Å². The van der Waals surface area contributed by atoms with Crippen LogP contribution in [0.5, 0.6) is 0 Å². The molecule has 6 heteroatoms. The van der Waals surface area contributed by atoms with Crippen LogP contribution in [0.25, 0.3) is 11.3 Å². The summed E-state index contributed by atoms with van der Waals surface area (Å²) in [5.41, 5.74) is 3.00. The molecule has 1 aromatic carbocycles. The van der Waals surface area contributed by atoms with Gasteiger partial charge in [-0.25, -0.2) is 4.68 Å². The molecule has 4 nitrogen and oxygen atoms in total. The predicted molar refractivity (Wildman–Crippen MR) is 92.6 cm³/mol. The molecule has 0 unspecified atom stereocenters. The van der Waals surface area contributed by atoms with Crippen LogP contribution in [-0.4, -0.2) is 22.4 Å². The van der Waals surface area contributed by atoms with Crippen molar-refractivity contribution < 1.29 is 0 Å². The number of nitrogens with zero attached hydrogens (tertiary/aromatic N) is 3. The Bertz CT molecular complexity index is 826. The van der Waals surface area contributed by atoms with Gasteiger partial charge in [-0.2, -0.15) is 5.10 Å². The van der Waals surface area contributed by atoms with Crippen LogP contribution >= 0.6 is 22.9 Å². The largest absolute Gasteiger partial charge is 0.360 e. The molecule has 0 atom stereocenters. The van der Waals surface area contributed by atoms with Gasteiger partial charge in [-0.15, -0.1) is 11.3 Å². The molecule has 0 fully saturated rings. The molecule has 0 aliphatic carbocycles. The van der Waals surface area contributed by atoms with Crippen LogP contribution in [0.15, 0.2) is 58.1 Å². The van der Waals surface area contributed by atoms with Gasteiger partial charge >= 0.3 is 0 Å². The molecule has 1 N–H and O–H groups in total. The zero-order valence-corrected chi connectivity index (χ0v) is 13.6. The number of benzene rings is 1.